The van der Waals surface area contributed by atoms with Crippen LogP contribution in [-0.4, -0.2) is 68.8 Å². The fraction of sp³-hybridized carbons (Fsp3) is 0. The Balaban J connectivity index is 0.000000443. The Kier molecular flexibility index (Phi) is 7.75. The Hall–Kier alpha value is -2.94. The standard InChI is InChI=1S/2C7H6O5.Bi/c2*8-4-1-3(7(11)12)2-5(9)6(4)10;/h2*1-2,8-10H,(H,11,12);/q;;+3/p-2. The van der Waals surface area contributed by atoms with Gasteiger partial charge in [-0.1, -0.05) is 0 Å². The molecule has 130 valence electrons. The number of carboxylic acid groups (broad SMARTS) is 2. The molecule has 0 amide bonds. The van der Waals surface area contributed by atoms with Crippen LogP contribution in [0.25, 0.3) is 0 Å². The summed E-state index contributed by atoms with van der Waals surface area (Å²) >= 11 is 0. The number of hydrogen-bond acceptors (Lipinski definition) is 8. The zero-order valence-corrected chi connectivity index (χ0v) is 15.5. The van der Waals surface area contributed by atoms with Gasteiger partial charge >= 0.3 is 38.1 Å². The van der Waals surface area contributed by atoms with Crippen molar-refractivity contribution in [1.29, 1.82) is 0 Å². The van der Waals surface area contributed by atoms with E-state index in [1.54, 1.807) is 0 Å². The summed E-state index contributed by atoms with van der Waals surface area (Å²) in [6.45, 7) is 0. The molecule has 0 spiro atoms. The number of aromatic carboxylic acids is 2. The summed E-state index contributed by atoms with van der Waals surface area (Å²) in [5.74, 6) is -7.67. The number of phenols is 4. The molecule has 2 radical (unpaired) electrons. The van der Waals surface area contributed by atoms with Crippen molar-refractivity contribution in [2.45, 2.75) is 0 Å². The monoisotopic (exact) mass is 547 g/mol. The van der Waals surface area contributed by atoms with E-state index >= 15 is 0 Å². The van der Waals surface area contributed by atoms with E-state index in [1.807, 2.05) is 0 Å². The molecule has 0 unspecified atom stereocenters. The van der Waals surface area contributed by atoms with E-state index in [-0.39, 0.29) is 37.3 Å². The molecule has 6 N–H and O–H groups in total. The zero-order chi connectivity index (χ0) is 18.6. The first-order valence-corrected chi connectivity index (χ1v) is 5.97. The Labute approximate surface area is 158 Å². The molecule has 2 aromatic rings. The summed E-state index contributed by atoms with van der Waals surface area (Å²) in [7, 11) is 0. The Bertz CT molecular complexity index is 689. The number of benzene rings is 2. The molecule has 0 aliphatic heterocycles. The van der Waals surface area contributed by atoms with Crippen molar-refractivity contribution >= 4 is 38.1 Å². The fourth-order valence-corrected chi connectivity index (χ4v) is 1.44. The maximum Gasteiger partial charge on any atom is 3.00 e. The van der Waals surface area contributed by atoms with Crippen LogP contribution in [0.4, 0.5) is 0 Å². The topological polar surface area (TPSA) is 202 Å². The molecule has 0 saturated heterocycles. The largest absolute Gasteiger partial charge is 3.00 e. The summed E-state index contributed by atoms with van der Waals surface area (Å²) in [5, 5.41) is 73.3. The second-order valence-electron chi connectivity index (χ2n) is 4.30. The van der Waals surface area contributed by atoms with E-state index < -0.39 is 46.4 Å². The minimum absolute atomic E-state index is 0. The third kappa shape index (κ3) is 5.57. The van der Waals surface area contributed by atoms with Gasteiger partial charge in [0.2, 0.25) is 0 Å². The fourth-order valence-electron chi connectivity index (χ4n) is 1.44. The van der Waals surface area contributed by atoms with Gasteiger partial charge in [-0.2, -0.15) is 0 Å². The summed E-state index contributed by atoms with van der Waals surface area (Å²) < 4.78 is 0. The first kappa shape index (κ1) is 22.1. The van der Waals surface area contributed by atoms with Crippen molar-refractivity contribution in [1.82, 2.24) is 0 Å². The van der Waals surface area contributed by atoms with Crippen LogP contribution in [-0.2, 0) is 0 Å². The molecule has 0 heterocycles. The van der Waals surface area contributed by atoms with Crippen molar-refractivity contribution in [3.8, 4) is 34.5 Å². The molecular formula is C14H10BiO10+. The summed E-state index contributed by atoms with van der Waals surface area (Å²) in [4.78, 5) is 20.6. The molecule has 25 heavy (non-hydrogen) atoms. The van der Waals surface area contributed by atoms with Crippen LogP contribution in [0.2, 0.25) is 0 Å². The molecule has 0 fully saturated rings. The second kappa shape index (κ2) is 8.79. The molecule has 0 aliphatic rings. The Morgan fingerprint density at radius 2 is 0.840 bits per heavy atom. The van der Waals surface area contributed by atoms with Gasteiger partial charge in [-0.25, -0.2) is 9.59 Å². The van der Waals surface area contributed by atoms with Crippen LogP contribution in [0.15, 0.2) is 24.3 Å². The molecule has 2 aromatic carbocycles. The first-order chi connectivity index (χ1) is 11.0. The summed E-state index contributed by atoms with van der Waals surface area (Å²) in [6.07, 6.45) is 0. The van der Waals surface area contributed by atoms with Gasteiger partial charge < -0.3 is 40.9 Å². The molecule has 0 saturated carbocycles. The van der Waals surface area contributed by atoms with Crippen molar-refractivity contribution in [2.75, 3.05) is 0 Å². The normalized spacial score (nSPS) is 9.28. The number of aromatic hydroxyl groups is 4. The zero-order valence-electron chi connectivity index (χ0n) is 12.1. The van der Waals surface area contributed by atoms with Gasteiger partial charge in [-0.3, -0.25) is 0 Å². The van der Waals surface area contributed by atoms with Crippen LogP contribution in [0.3, 0.4) is 0 Å². The predicted octanol–water partition coefficient (Wildman–Crippen LogP) is -0.642. The number of carboxylic acids is 2. The third-order valence-electron chi connectivity index (χ3n) is 2.59. The number of carbonyl (C=O) groups is 2. The quantitative estimate of drug-likeness (QED) is 0.263. The molecule has 0 atom stereocenters. The van der Waals surface area contributed by atoms with Crippen LogP contribution >= 0.6 is 0 Å². The van der Waals surface area contributed by atoms with Gasteiger partial charge in [-0.05, 0) is 35.8 Å². The molecule has 10 nitrogen and oxygen atoms in total. The average Bonchev–Trinajstić information content (AvgIpc) is 2.49. The van der Waals surface area contributed by atoms with E-state index in [4.69, 9.17) is 30.6 Å². The van der Waals surface area contributed by atoms with Crippen LogP contribution < -0.4 is 10.2 Å². The minimum Gasteiger partial charge on any atom is -0.867 e. The van der Waals surface area contributed by atoms with Crippen molar-refractivity contribution in [3.63, 3.8) is 0 Å². The maximum atomic E-state index is 10.7. The van der Waals surface area contributed by atoms with E-state index in [0.29, 0.717) is 0 Å². The average molecular weight is 547 g/mol. The molecule has 0 aromatic heterocycles. The van der Waals surface area contributed by atoms with E-state index in [1.165, 1.54) is 0 Å². The van der Waals surface area contributed by atoms with Gasteiger partial charge in [-0.15, -0.1) is 0 Å². The van der Waals surface area contributed by atoms with E-state index in [2.05, 4.69) is 0 Å². The van der Waals surface area contributed by atoms with Crippen LogP contribution in [0.5, 0.6) is 34.5 Å². The van der Waals surface area contributed by atoms with Gasteiger partial charge in [0.1, 0.15) is 23.0 Å². The maximum absolute atomic E-state index is 10.7. The van der Waals surface area contributed by atoms with Gasteiger partial charge in [0.05, 0.1) is 11.1 Å². The van der Waals surface area contributed by atoms with Crippen LogP contribution in [0, 0.1) is 0 Å². The van der Waals surface area contributed by atoms with Gasteiger partial charge in [0.25, 0.3) is 0 Å². The SMILES string of the molecule is O=C(O)c1cc(O)c([O-])c(O)c1.O=C(O)c1cc(O)c([O-])c(O)c1.[Bi+3]. The Morgan fingerprint density at radius 3 is 1.00 bits per heavy atom. The summed E-state index contributed by atoms with van der Waals surface area (Å²) in [6, 6.07) is 3.13. The smallest absolute Gasteiger partial charge is 0.867 e. The minimum atomic E-state index is -1.32. The first-order valence-electron chi connectivity index (χ1n) is 5.97. The number of hydrogen-bond donors (Lipinski definition) is 6. The van der Waals surface area contributed by atoms with Crippen molar-refractivity contribution in [3.05, 3.63) is 35.4 Å². The summed E-state index contributed by atoms with van der Waals surface area (Å²) in [5.41, 5.74) is -0.658. The molecule has 0 bridgehead atoms. The van der Waals surface area contributed by atoms with E-state index in [9.17, 15) is 19.8 Å². The van der Waals surface area contributed by atoms with Gasteiger partial charge in [0.15, 0.2) is 0 Å². The van der Waals surface area contributed by atoms with Crippen molar-refractivity contribution in [2.24, 2.45) is 0 Å². The third-order valence-corrected chi connectivity index (χ3v) is 2.59. The molecule has 2 rings (SSSR count). The Morgan fingerprint density at radius 1 is 0.640 bits per heavy atom. The number of rotatable bonds is 2. The molecular weight excluding hydrogens is 537 g/mol. The van der Waals surface area contributed by atoms with Crippen LogP contribution in [0.1, 0.15) is 20.7 Å². The van der Waals surface area contributed by atoms with E-state index in [0.717, 1.165) is 24.3 Å². The van der Waals surface area contributed by atoms with Gasteiger partial charge in [0, 0.05) is 0 Å². The number of phenolic OH excluding ortho intramolecular Hbond substituents is 4. The molecule has 0 aliphatic carbocycles. The molecule has 11 heteroatoms. The second-order valence-corrected chi connectivity index (χ2v) is 4.30. The van der Waals surface area contributed by atoms with Crippen molar-refractivity contribution < 1.29 is 50.4 Å². The predicted molar refractivity (Wildman–Crippen MR) is 78.1 cm³/mol.